The third-order valence-electron chi connectivity index (χ3n) is 3.06. The molecule has 1 aliphatic rings. The molecule has 0 saturated carbocycles. The lowest BCUT2D eigenvalue weighted by atomic mass is 9.76. The van der Waals surface area contributed by atoms with Gasteiger partial charge in [0.1, 0.15) is 0 Å². The predicted octanol–water partition coefficient (Wildman–Crippen LogP) is 0.0565. The largest absolute Gasteiger partial charge is 0.330 e. The van der Waals surface area contributed by atoms with Crippen molar-refractivity contribution < 1.29 is 0 Å². The Balaban J connectivity index is 2.27. The van der Waals surface area contributed by atoms with Gasteiger partial charge in [-0.1, -0.05) is 0 Å². The zero-order valence-electron chi connectivity index (χ0n) is 8.24. The van der Waals surface area contributed by atoms with Gasteiger partial charge in [-0.3, -0.25) is 9.97 Å². The molecule has 0 spiro atoms. The summed E-state index contributed by atoms with van der Waals surface area (Å²) in [6.07, 6.45) is 7.41. The molecule has 2 heterocycles. The van der Waals surface area contributed by atoms with Crippen LogP contribution in [0.4, 0.5) is 0 Å². The van der Waals surface area contributed by atoms with Crippen LogP contribution < -0.4 is 11.1 Å². The lowest BCUT2D eigenvalue weighted by molar-refractivity contribution is 0.307. The monoisotopic (exact) mass is 192 g/mol. The summed E-state index contributed by atoms with van der Waals surface area (Å²) >= 11 is 0. The van der Waals surface area contributed by atoms with Crippen molar-refractivity contribution in [2.45, 2.75) is 18.3 Å². The van der Waals surface area contributed by atoms with Crippen LogP contribution in [0.5, 0.6) is 0 Å². The van der Waals surface area contributed by atoms with Crippen LogP contribution in [0.1, 0.15) is 18.5 Å². The zero-order valence-corrected chi connectivity index (χ0v) is 8.24. The summed E-state index contributed by atoms with van der Waals surface area (Å²) in [4.78, 5) is 8.49. The Hall–Kier alpha value is -1.00. The van der Waals surface area contributed by atoms with Crippen LogP contribution in [0.25, 0.3) is 0 Å². The number of nitrogens with two attached hydrogens (primary N) is 1. The fourth-order valence-electron chi connectivity index (χ4n) is 2.04. The molecule has 1 saturated heterocycles. The van der Waals surface area contributed by atoms with Crippen molar-refractivity contribution in [2.24, 2.45) is 5.73 Å². The Labute approximate surface area is 83.9 Å². The van der Waals surface area contributed by atoms with Gasteiger partial charge in [0.15, 0.2) is 0 Å². The normalized spacial score (nSPS) is 20.6. The molecular weight excluding hydrogens is 176 g/mol. The molecule has 4 heteroatoms. The summed E-state index contributed by atoms with van der Waals surface area (Å²) in [5.41, 5.74) is 6.98. The molecule has 3 N–H and O–H groups in total. The second-order valence-corrected chi connectivity index (χ2v) is 3.83. The first-order chi connectivity index (χ1) is 6.87. The molecule has 0 amide bonds. The number of nitrogens with zero attached hydrogens (tertiary/aromatic N) is 2. The molecule has 0 aliphatic carbocycles. The Morgan fingerprint density at radius 3 is 2.71 bits per heavy atom. The van der Waals surface area contributed by atoms with Gasteiger partial charge in [-0.05, 0) is 25.9 Å². The maximum absolute atomic E-state index is 5.87. The second-order valence-electron chi connectivity index (χ2n) is 3.83. The SMILES string of the molecule is NCC1(c2cnccn2)CCNCC1. The van der Waals surface area contributed by atoms with E-state index in [1.807, 2.05) is 6.20 Å². The Morgan fingerprint density at radius 2 is 2.14 bits per heavy atom. The minimum atomic E-state index is 0.0551. The number of nitrogens with one attached hydrogen (secondary N) is 1. The van der Waals surface area contributed by atoms with Crippen LogP contribution in [0.3, 0.4) is 0 Å². The topological polar surface area (TPSA) is 63.8 Å². The van der Waals surface area contributed by atoms with Crippen molar-refractivity contribution >= 4 is 0 Å². The van der Waals surface area contributed by atoms with E-state index < -0.39 is 0 Å². The average molecular weight is 192 g/mol. The summed E-state index contributed by atoms with van der Waals surface area (Å²) in [6.45, 7) is 2.70. The van der Waals surface area contributed by atoms with E-state index in [9.17, 15) is 0 Å². The number of aromatic nitrogens is 2. The van der Waals surface area contributed by atoms with Crippen LogP contribution >= 0.6 is 0 Å². The van der Waals surface area contributed by atoms with E-state index in [1.165, 1.54) is 0 Å². The van der Waals surface area contributed by atoms with E-state index in [-0.39, 0.29) is 5.41 Å². The van der Waals surface area contributed by atoms with Gasteiger partial charge in [0.2, 0.25) is 0 Å². The average Bonchev–Trinajstić information content (AvgIpc) is 2.31. The molecule has 76 valence electrons. The van der Waals surface area contributed by atoms with E-state index in [0.717, 1.165) is 31.6 Å². The molecule has 1 fully saturated rings. The molecule has 0 bridgehead atoms. The van der Waals surface area contributed by atoms with Gasteiger partial charge < -0.3 is 11.1 Å². The lowest BCUT2D eigenvalue weighted by Crippen LogP contribution is -2.45. The highest BCUT2D eigenvalue weighted by Gasteiger charge is 2.33. The number of hydrogen-bond donors (Lipinski definition) is 2. The molecule has 2 rings (SSSR count). The minimum absolute atomic E-state index is 0.0551. The van der Waals surface area contributed by atoms with Gasteiger partial charge in [-0.2, -0.15) is 0 Å². The van der Waals surface area contributed by atoms with E-state index in [4.69, 9.17) is 5.73 Å². The third-order valence-corrected chi connectivity index (χ3v) is 3.06. The van der Waals surface area contributed by atoms with Crippen LogP contribution in [0.15, 0.2) is 18.6 Å². The standard InChI is InChI=1S/C10H16N4/c11-8-10(1-3-12-4-2-10)9-7-13-5-6-14-9/h5-7,12H,1-4,8,11H2. The van der Waals surface area contributed by atoms with E-state index >= 15 is 0 Å². The summed E-state index contributed by atoms with van der Waals surface area (Å²) in [7, 11) is 0. The summed E-state index contributed by atoms with van der Waals surface area (Å²) in [6, 6.07) is 0. The predicted molar refractivity (Wildman–Crippen MR) is 54.9 cm³/mol. The van der Waals surface area contributed by atoms with Gasteiger partial charge in [-0.25, -0.2) is 0 Å². The summed E-state index contributed by atoms with van der Waals surface area (Å²) in [5, 5.41) is 3.34. The fraction of sp³-hybridized carbons (Fsp3) is 0.600. The van der Waals surface area contributed by atoms with Crippen LogP contribution in [-0.4, -0.2) is 29.6 Å². The van der Waals surface area contributed by atoms with Gasteiger partial charge in [0.25, 0.3) is 0 Å². The van der Waals surface area contributed by atoms with Gasteiger partial charge >= 0.3 is 0 Å². The Morgan fingerprint density at radius 1 is 1.36 bits per heavy atom. The number of piperidine rings is 1. The molecule has 0 atom stereocenters. The van der Waals surface area contributed by atoms with Crippen LogP contribution in [-0.2, 0) is 5.41 Å². The molecule has 14 heavy (non-hydrogen) atoms. The van der Waals surface area contributed by atoms with Crippen molar-refractivity contribution in [3.63, 3.8) is 0 Å². The molecular formula is C10H16N4. The highest BCUT2D eigenvalue weighted by atomic mass is 14.9. The minimum Gasteiger partial charge on any atom is -0.330 e. The first kappa shape index (κ1) is 9.55. The smallest absolute Gasteiger partial charge is 0.0661 e. The van der Waals surface area contributed by atoms with E-state index in [0.29, 0.717) is 6.54 Å². The molecule has 4 nitrogen and oxygen atoms in total. The highest BCUT2D eigenvalue weighted by Crippen LogP contribution is 2.30. The maximum atomic E-state index is 5.87. The third kappa shape index (κ3) is 1.63. The van der Waals surface area contributed by atoms with Crippen molar-refractivity contribution in [1.82, 2.24) is 15.3 Å². The number of rotatable bonds is 2. The zero-order chi connectivity index (χ0) is 9.86. The van der Waals surface area contributed by atoms with Gasteiger partial charge in [0.05, 0.1) is 5.69 Å². The molecule has 0 radical (unpaired) electrons. The van der Waals surface area contributed by atoms with Crippen molar-refractivity contribution in [3.05, 3.63) is 24.3 Å². The molecule has 1 aliphatic heterocycles. The first-order valence-corrected chi connectivity index (χ1v) is 5.05. The number of hydrogen-bond acceptors (Lipinski definition) is 4. The van der Waals surface area contributed by atoms with Crippen molar-refractivity contribution in [2.75, 3.05) is 19.6 Å². The Bertz CT molecular complexity index is 279. The Kier molecular flexibility index (Phi) is 2.74. The van der Waals surface area contributed by atoms with Crippen LogP contribution in [0.2, 0.25) is 0 Å². The summed E-state index contributed by atoms with van der Waals surface area (Å²) in [5.74, 6) is 0. The first-order valence-electron chi connectivity index (χ1n) is 5.05. The van der Waals surface area contributed by atoms with Crippen molar-refractivity contribution in [1.29, 1.82) is 0 Å². The van der Waals surface area contributed by atoms with E-state index in [1.54, 1.807) is 12.4 Å². The van der Waals surface area contributed by atoms with Gasteiger partial charge in [0, 0.05) is 30.6 Å². The van der Waals surface area contributed by atoms with Crippen molar-refractivity contribution in [3.8, 4) is 0 Å². The molecule has 1 aromatic heterocycles. The molecule has 0 unspecified atom stereocenters. The highest BCUT2D eigenvalue weighted by molar-refractivity contribution is 5.15. The quantitative estimate of drug-likeness (QED) is 0.695. The van der Waals surface area contributed by atoms with Gasteiger partial charge in [-0.15, -0.1) is 0 Å². The molecule has 0 aromatic carbocycles. The second kappa shape index (κ2) is 4.02. The fourth-order valence-corrected chi connectivity index (χ4v) is 2.04. The van der Waals surface area contributed by atoms with E-state index in [2.05, 4.69) is 15.3 Å². The summed E-state index contributed by atoms with van der Waals surface area (Å²) < 4.78 is 0. The maximum Gasteiger partial charge on any atom is 0.0661 e. The lowest BCUT2D eigenvalue weighted by Gasteiger charge is -2.35. The van der Waals surface area contributed by atoms with Crippen LogP contribution in [0, 0.1) is 0 Å². The molecule has 1 aromatic rings.